The molecule has 4 aliphatic rings. The van der Waals surface area contributed by atoms with Crippen molar-refractivity contribution in [2.75, 3.05) is 99.0 Å². The summed E-state index contributed by atoms with van der Waals surface area (Å²) in [6.07, 6.45) is -14.6. The zero-order valence-corrected chi connectivity index (χ0v) is 48.3. The summed E-state index contributed by atoms with van der Waals surface area (Å²) in [7, 11) is 0. The minimum atomic E-state index is -1.71. The summed E-state index contributed by atoms with van der Waals surface area (Å²) >= 11 is 0. The van der Waals surface area contributed by atoms with Crippen molar-refractivity contribution in [1.29, 1.82) is 0 Å². The van der Waals surface area contributed by atoms with Crippen LogP contribution in [0.4, 0.5) is 0 Å². The number of carbonyl (C=O) groups excluding carboxylic acids is 3. The molecule has 4 rings (SSSR count). The Balaban J connectivity index is 1.56. The van der Waals surface area contributed by atoms with Crippen molar-refractivity contribution in [1.82, 2.24) is 16.0 Å². The average Bonchev–Trinajstić information content (AvgIpc) is 1.69. The van der Waals surface area contributed by atoms with Crippen LogP contribution in [0.1, 0.15) is 84.0 Å². The van der Waals surface area contributed by atoms with Gasteiger partial charge in [-0.05, 0) is 51.9 Å². The van der Waals surface area contributed by atoms with Gasteiger partial charge in [-0.2, -0.15) is 0 Å². The maximum atomic E-state index is 13.9. The monoisotopic (exact) mass is 1210 g/mol. The molecule has 84 heavy (non-hydrogen) atoms. The number of aliphatic carboxylic acids is 1. The summed E-state index contributed by atoms with van der Waals surface area (Å²) in [5.74, 6) is -5.94. The lowest BCUT2D eigenvalue weighted by Gasteiger charge is -2.51. The number of nitrogens with two attached hydrogens (primary N) is 2. The van der Waals surface area contributed by atoms with Gasteiger partial charge >= 0.3 is 11.9 Å². The maximum absolute atomic E-state index is 13.9. The van der Waals surface area contributed by atoms with Crippen molar-refractivity contribution in [3.63, 3.8) is 0 Å². The fourth-order valence-electron chi connectivity index (χ4n) is 11.3. The van der Waals surface area contributed by atoms with E-state index >= 15 is 0 Å². The molecular formula is C55H99N5O24. The molecule has 21 atom stereocenters. The van der Waals surface area contributed by atoms with E-state index in [2.05, 4.69) is 22.5 Å². The van der Waals surface area contributed by atoms with Crippen molar-refractivity contribution < 1.29 is 118 Å². The van der Waals surface area contributed by atoms with Crippen LogP contribution in [0.3, 0.4) is 0 Å². The van der Waals surface area contributed by atoms with E-state index in [-0.39, 0.29) is 116 Å². The molecule has 0 aliphatic heterocycles. The lowest BCUT2D eigenvalue weighted by molar-refractivity contribution is -0.234. The summed E-state index contributed by atoms with van der Waals surface area (Å²) in [6, 6.07) is -4.97. The number of aliphatic hydroxyl groups excluding tert-OH is 11. The summed E-state index contributed by atoms with van der Waals surface area (Å²) in [5.41, 5.74) is 12.7. The third kappa shape index (κ3) is 23.4. The third-order valence-electron chi connectivity index (χ3n) is 16.0. The third-order valence-corrected chi connectivity index (χ3v) is 16.0. The number of unbranched alkanes of at least 4 members (excludes halogenated alkanes) is 3. The van der Waals surface area contributed by atoms with E-state index in [1.54, 1.807) is 0 Å². The molecule has 0 radical (unpaired) electrons. The second-order valence-electron chi connectivity index (χ2n) is 22.6. The molecule has 0 aromatic rings. The molecule has 2 amide bonds. The Labute approximate surface area is 490 Å². The highest BCUT2D eigenvalue weighted by atomic mass is 16.6. The molecule has 488 valence electrons. The van der Waals surface area contributed by atoms with E-state index in [1.165, 1.54) is 6.92 Å². The number of esters is 1. The number of aliphatic hydroxyl groups is 11. The van der Waals surface area contributed by atoms with Gasteiger partial charge in [0.2, 0.25) is 11.8 Å². The average molecular weight is 1210 g/mol. The van der Waals surface area contributed by atoms with Crippen LogP contribution in [-0.2, 0) is 57.1 Å². The number of carboxylic acid groups (broad SMARTS) is 1. The van der Waals surface area contributed by atoms with Gasteiger partial charge in [0, 0.05) is 81.4 Å². The maximum Gasteiger partial charge on any atom is 0.333 e. The molecule has 0 aromatic heterocycles. The van der Waals surface area contributed by atoms with Gasteiger partial charge in [-0.1, -0.05) is 19.4 Å². The zero-order valence-electron chi connectivity index (χ0n) is 48.3. The molecule has 0 aromatic carbocycles. The Bertz CT molecular complexity index is 1920. The Morgan fingerprint density at radius 1 is 0.571 bits per heavy atom. The van der Waals surface area contributed by atoms with E-state index in [1.807, 2.05) is 0 Å². The predicted molar refractivity (Wildman–Crippen MR) is 295 cm³/mol. The fraction of sp³-hybridized carbons (Fsp3) is 0.891. The highest BCUT2D eigenvalue weighted by Gasteiger charge is 2.54. The molecule has 0 bridgehead atoms. The second-order valence-corrected chi connectivity index (χ2v) is 22.6. The number of nitrogens with one attached hydrogen (secondary N) is 3. The van der Waals surface area contributed by atoms with Gasteiger partial charge in [0.15, 0.2) is 0 Å². The van der Waals surface area contributed by atoms with Gasteiger partial charge in [0.25, 0.3) is 0 Å². The van der Waals surface area contributed by atoms with Crippen LogP contribution in [0, 0.1) is 23.7 Å². The first-order chi connectivity index (χ1) is 40.2. The highest BCUT2D eigenvalue weighted by Crippen LogP contribution is 2.40. The molecular weight excluding hydrogens is 1110 g/mol. The van der Waals surface area contributed by atoms with E-state index < -0.39 is 171 Å². The first kappa shape index (κ1) is 73.3. The normalized spacial score (nSPS) is 33.9. The van der Waals surface area contributed by atoms with Gasteiger partial charge in [-0.15, -0.1) is 0 Å². The summed E-state index contributed by atoms with van der Waals surface area (Å²) < 4.78 is 47.4. The second kappa shape index (κ2) is 38.9. The van der Waals surface area contributed by atoms with E-state index in [9.17, 15) is 75.3 Å². The standard InChI is InChI=1S/C55H99N5O24/c1-30(2)55(76)81-29-35(65)24-59-45-38(21-32(26-64)53(50(45)74)82-37-22-33(27-79-16-12-61)47(71)48(72)44(37)57)83-54-34(28-80-17-13-62)23-39(84-52-31(25-63)20-36(66)43(56)49(52)73)46(51(54)75)60-41(68)9-7-8-40(67)58-11-15-78-19-18-77-14-6-4-3-5-10-42(69)70/h31-39,43-54,59,61-66,71-75H,1,3-29,56-57H2,2H3,(H,58,67)(H,60,68)(H,69,70)/t31?,32?,33?,34?,35?,36-,37-,38-,39-,43?,44?,45?,46?,47-,48-,49-,50-,51-,52-,53-,54-/m1/s1. The number of carboxylic acids is 1. The molecule has 0 heterocycles. The van der Waals surface area contributed by atoms with Crippen molar-refractivity contribution >= 4 is 23.8 Å². The Hall–Kier alpha value is -3.22. The molecule has 0 saturated heterocycles. The van der Waals surface area contributed by atoms with Crippen LogP contribution >= 0.6 is 0 Å². The summed E-state index contributed by atoms with van der Waals surface area (Å²) in [6.45, 7) is 3.38. The molecule has 29 nitrogen and oxygen atoms in total. The summed E-state index contributed by atoms with van der Waals surface area (Å²) in [5, 5.41) is 138. The quantitative estimate of drug-likeness (QED) is 0.0155. The van der Waals surface area contributed by atoms with Crippen molar-refractivity contribution in [2.24, 2.45) is 35.1 Å². The predicted octanol–water partition coefficient (Wildman–Crippen LogP) is -5.57. The highest BCUT2D eigenvalue weighted by molar-refractivity contribution is 5.86. The first-order valence-electron chi connectivity index (χ1n) is 29.5. The van der Waals surface area contributed by atoms with Gasteiger partial charge in [-0.25, -0.2) is 4.79 Å². The molecule has 9 unspecified atom stereocenters. The Morgan fingerprint density at radius 3 is 1.76 bits per heavy atom. The first-order valence-corrected chi connectivity index (χ1v) is 29.5. The summed E-state index contributed by atoms with van der Waals surface area (Å²) in [4.78, 5) is 49.6. The Morgan fingerprint density at radius 2 is 1.12 bits per heavy atom. The Kier molecular flexibility index (Phi) is 33.9. The minimum Gasteiger partial charge on any atom is -0.481 e. The van der Waals surface area contributed by atoms with Crippen LogP contribution in [0.15, 0.2) is 12.2 Å². The molecule has 0 spiro atoms. The largest absolute Gasteiger partial charge is 0.481 e. The lowest BCUT2D eigenvalue weighted by atomic mass is 9.76. The van der Waals surface area contributed by atoms with Crippen LogP contribution in [0.25, 0.3) is 0 Å². The van der Waals surface area contributed by atoms with E-state index in [4.69, 9.17) is 54.5 Å². The van der Waals surface area contributed by atoms with Crippen LogP contribution in [0.2, 0.25) is 0 Å². The number of hydrogen-bond donors (Lipinski definition) is 17. The van der Waals surface area contributed by atoms with Gasteiger partial charge in [-0.3, -0.25) is 14.4 Å². The number of ether oxygens (including phenoxy) is 8. The zero-order chi connectivity index (χ0) is 61.9. The van der Waals surface area contributed by atoms with Gasteiger partial charge in [0.1, 0.15) is 18.8 Å². The number of rotatable bonds is 40. The fourth-order valence-corrected chi connectivity index (χ4v) is 11.3. The van der Waals surface area contributed by atoms with Crippen LogP contribution < -0.4 is 27.4 Å². The molecule has 4 saturated carbocycles. The number of carbonyl (C=O) groups is 4. The molecule has 29 heteroatoms. The lowest BCUT2D eigenvalue weighted by Crippen LogP contribution is -2.68. The molecule has 19 N–H and O–H groups in total. The number of hydrogen-bond acceptors (Lipinski definition) is 26. The van der Waals surface area contributed by atoms with Gasteiger partial charge < -0.3 is 127 Å². The van der Waals surface area contributed by atoms with Crippen molar-refractivity contribution in [2.45, 2.75) is 187 Å². The smallest absolute Gasteiger partial charge is 0.333 e. The van der Waals surface area contributed by atoms with Crippen LogP contribution in [0.5, 0.6) is 0 Å². The number of amides is 2. The van der Waals surface area contributed by atoms with E-state index in [0.29, 0.717) is 26.2 Å². The minimum absolute atomic E-state index is 0.0315. The van der Waals surface area contributed by atoms with Crippen molar-refractivity contribution in [3.05, 3.63) is 12.2 Å². The van der Waals surface area contributed by atoms with E-state index in [0.717, 1.165) is 19.3 Å². The van der Waals surface area contributed by atoms with Crippen LogP contribution in [-0.4, -0.2) is 288 Å². The van der Waals surface area contributed by atoms with Gasteiger partial charge in [0.05, 0.1) is 151 Å². The molecule has 4 fully saturated rings. The topological polar surface area (TPSA) is 473 Å². The van der Waals surface area contributed by atoms with Crippen molar-refractivity contribution in [3.8, 4) is 0 Å². The molecule has 4 aliphatic carbocycles. The SMILES string of the molecule is C=C(C)C(=O)OCC(O)CNC1[C@@H](O)[C@H](O[C@@H]2CC(COCCO)[C@@H](O)[C@H](O)C2N)C(CO)C[C@H]1O[C@@H]1C(COCCO)C[C@@H](O[C@@H]2C(CO)C[C@@H](O)C(N)[C@H]2O)C(NC(=O)CCCC(=O)NCCOCCOCCCCCCC(=O)O)[C@H]1O.